The number of aromatic nitrogens is 1. The minimum Gasteiger partial charge on any atom is -0.397 e. The molecule has 1 saturated heterocycles. The van der Waals surface area contributed by atoms with Crippen LogP contribution in [0, 0.1) is 6.92 Å². The summed E-state index contributed by atoms with van der Waals surface area (Å²) in [5, 5.41) is 4.12. The molecule has 1 aliphatic heterocycles. The van der Waals surface area contributed by atoms with Crippen molar-refractivity contribution in [3.8, 4) is 0 Å². The molecule has 0 radical (unpaired) electrons. The molecular weight excluding hydrogens is 597 g/mol. The monoisotopic (exact) mass is 644 g/mol. The number of benzene rings is 1. The van der Waals surface area contributed by atoms with Crippen LogP contribution in [0.2, 0.25) is 0 Å². The molecule has 2 aromatic rings. The first kappa shape index (κ1) is 37.9. The van der Waals surface area contributed by atoms with Gasteiger partial charge in [-0.05, 0) is 56.9 Å². The summed E-state index contributed by atoms with van der Waals surface area (Å²) >= 11 is 0. The number of hydrogen-bond donors (Lipinski definition) is 3. The number of aryl methyl sites for hydroxylation is 1. The van der Waals surface area contributed by atoms with Crippen LogP contribution in [0.25, 0.3) is 5.70 Å². The molecule has 13 heteroatoms. The molecule has 46 heavy (non-hydrogen) atoms. The van der Waals surface area contributed by atoms with E-state index in [-0.39, 0.29) is 5.70 Å². The lowest BCUT2D eigenvalue weighted by Crippen LogP contribution is -2.36. The van der Waals surface area contributed by atoms with Crippen LogP contribution in [-0.2, 0) is 4.74 Å². The number of nitrogens with two attached hydrogens (primary N) is 2. The molecule has 0 atom stereocenters. The minimum atomic E-state index is -2.56. The molecule has 2 heterocycles. The lowest BCUT2D eigenvalue weighted by Gasteiger charge is -2.28. The molecule has 1 aliphatic rings. The van der Waals surface area contributed by atoms with E-state index in [0.717, 1.165) is 30.9 Å². The van der Waals surface area contributed by atoms with Crippen LogP contribution in [-0.4, -0.2) is 94.8 Å². The zero-order valence-electron chi connectivity index (χ0n) is 27.3. The van der Waals surface area contributed by atoms with E-state index in [9.17, 15) is 18.0 Å². The molecular formula is C33H47F3N8O2. The van der Waals surface area contributed by atoms with Crippen LogP contribution in [0.5, 0.6) is 0 Å². The molecule has 0 saturated carbocycles. The van der Waals surface area contributed by atoms with Gasteiger partial charge in [-0.1, -0.05) is 18.7 Å². The van der Waals surface area contributed by atoms with Gasteiger partial charge in [0.1, 0.15) is 0 Å². The molecule has 1 fully saturated rings. The van der Waals surface area contributed by atoms with Gasteiger partial charge in [0.15, 0.2) is 0 Å². The molecule has 252 valence electrons. The van der Waals surface area contributed by atoms with E-state index in [4.69, 9.17) is 16.3 Å². The Labute approximate surface area is 270 Å². The number of morpholine rings is 1. The first-order valence-corrected chi connectivity index (χ1v) is 14.8. The Hall–Kier alpha value is -4.33. The number of carbonyl (C=O) groups is 1. The zero-order valence-corrected chi connectivity index (χ0v) is 27.3. The Bertz CT molecular complexity index is 1370. The number of anilines is 2. The highest BCUT2D eigenvalue weighted by Gasteiger charge is 2.15. The molecule has 3 rings (SSSR count). The Morgan fingerprint density at radius 2 is 1.83 bits per heavy atom. The standard InChI is InChI=1S/C32H44F2N8O2.CH3F/c1-6-27(40(5)12-11-39(3)4)19-26(9-10-31(33)34)38-32(43)24-8-7-23(2)30(18-24)42(36)22-29(35)25-17-28(21-37-20-25)41-13-15-44-16-14-41;1-2/h6-9,17-22,31H,1,10-16,35-36H2,2-5H3,(H,38,43);1H3/b26-9+,27-19+,29-22-;. The van der Waals surface area contributed by atoms with E-state index in [1.54, 1.807) is 48.9 Å². The number of hydrazine groups is 1. The second-order valence-electron chi connectivity index (χ2n) is 10.8. The van der Waals surface area contributed by atoms with E-state index < -0.39 is 18.8 Å². The Morgan fingerprint density at radius 3 is 2.46 bits per heavy atom. The third kappa shape index (κ3) is 11.9. The fourth-order valence-corrected chi connectivity index (χ4v) is 4.43. The summed E-state index contributed by atoms with van der Waals surface area (Å²) < 4.78 is 41.2. The second kappa shape index (κ2) is 19.2. The first-order valence-electron chi connectivity index (χ1n) is 14.8. The number of halogens is 3. The highest BCUT2D eigenvalue weighted by Crippen LogP contribution is 2.23. The number of amides is 1. The highest BCUT2D eigenvalue weighted by atomic mass is 19.3. The molecule has 0 unspecified atom stereocenters. The van der Waals surface area contributed by atoms with Gasteiger partial charge in [-0.2, -0.15) is 0 Å². The van der Waals surface area contributed by atoms with Crippen LogP contribution >= 0.6 is 0 Å². The number of pyridine rings is 1. The van der Waals surface area contributed by atoms with Crippen LogP contribution in [0.15, 0.2) is 79.1 Å². The number of carbonyl (C=O) groups excluding carboxylic acids is 1. The summed E-state index contributed by atoms with van der Waals surface area (Å²) in [5.41, 5.74) is 11.0. The molecule has 10 nitrogen and oxygen atoms in total. The lowest BCUT2D eigenvalue weighted by atomic mass is 10.1. The lowest BCUT2D eigenvalue weighted by molar-refractivity contribution is 0.0966. The molecule has 1 amide bonds. The fraction of sp³-hybridized carbons (Fsp3) is 0.394. The summed E-state index contributed by atoms with van der Waals surface area (Å²) in [5.74, 6) is 5.93. The molecule has 0 spiro atoms. The third-order valence-electron chi connectivity index (χ3n) is 7.07. The van der Waals surface area contributed by atoms with Crippen molar-refractivity contribution < 1.29 is 22.7 Å². The van der Waals surface area contributed by atoms with Crippen molar-refractivity contribution in [3.05, 3.63) is 95.8 Å². The van der Waals surface area contributed by atoms with Crippen molar-refractivity contribution >= 4 is 23.0 Å². The predicted octanol–water partition coefficient (Wildman–Crippen LogP) is 4.28. The summed E-state index contributed by atoms with van der Waals surface area (Å²) in [6.07, 6.45) is 6.50. The van der Waals surface area contributed by atoms with E-state index in [1.165, 1.54) is 11.1 Å². The van der Waals surface area contributed by atoms with Crippen molar-refractivity contribution in [2.75, 3.05) is 77.6 Å². The topological polar surface area (TPSA) is 116 Å². The van der Waals surface area contributed by atoms with Crippen LogP contribution in [0.4, 0.5) is 24.5 Å². The Kier molecular flexibility index (Phi) is 15.8. The molecule has 1 aromatic heterocycles. The van der Waals surface area contributed by atoms with E-state index in [0.29, 0.717) is 55.1 Å². The van der Waals surface area contributed by atoms with Gasteiger partial charge in [-0.15, -0.1) is 0 Å². The van der Waals surface area contributed by atoms with Crippen LogP contribution in [0.3, 0.4) is 0 Å². The molecule has 5 N–H and O–H groups in total. The van der Waals surface area contributed by atoms with Crippen molar-refractivity contribution in [1.29, 1.82) is 0 Å². The van der Waals surface area contributed by atoms with E-state index in [2.05, 4.69) is 21.8 Å². The Morgan fingerprint density at radius 1 is 1.13 bits per heavy atom. The van der Waals surface area contributed by atoms with Crippen LogP contribution in [0.1, 0.15) is 27.9 Å². The normalized spacial score (nSPS) is 14.2. The van der Waals surface area contributed by atoms with Gasteiger partial charge in [0, 0.05) is 74.6 Å². The maximum absolute atomic E-state index is 13.3. The predicted molar refractivity (Wildman–Crippen MR) is 180 cm³/mol. The molecule has 0 bridgehead atoms. The summed E-state index contributed by atoms with van der Waals surface area (Å²) in [7, 11) is 6.30. The van der Waals surface area contributed by atoms with Gasteiger partial charge in [-0.3, -0.25) is 19.2 Å². The summed E-state index contributed by atoms with van der Waals surface area (Å²) in [6, 6.07) is 6.99. The second-order valence-corrected chi connectivity index (χ2v) is 10.8. The average Bonchev–Trinajstić information content (AvgIpc) is 3.06. The number of nitrogens with zero attached hydrogens (tertiary/aromatic N) is 5. The van der Waals surface area contributed by atoms with Crippen molar-refractivity contribution in [2.45, 2.75) is 19.8 Å². The quantitative estimate of drug-likeness (QED) is 0.157. The number of hydrogen-bond acceptors (Lipinski definition) is 9. The number of rotatable bonds is 14. The van der Waals surface area contributed by atoms with Gasteiger partial charge >= 0.3 is 0 Å². The molecule has 0 aliphatic carbocycles. The zero-order chi connectivity index (χ0) is 34.2. The third-order valence-corrected chi connectivity index (χ3v) is 7.07. The van der Waals surface area contributed by atoms with Crippen molar-refractivity contribution in [2.24, 2.45) is 11.6 Å². The maximum atomic E-state index is 13.3. The molecule has 1 aromatic carbocycles. The highest BCUT2D eigenvalue weighted by molar-refractivity contribution is 5.96. The van der Waals surface area contributed by atoms with Gasteiger partial charge < -0.3 is 30.5 Å². The number of likely N-dealkylation sites (N-methyl/N-ethyl adjacent to an activating group) is 2. The number of ether oxygens (including phenoxy) is 1. The summed E-state index contributed by atoms with van der Waals surface area (Å²) in [6.45, 7) is 10.0. The summed E-state index contributed by atoms with van der Waals surface area (Å²) in [4.78, 5) is 23.8. The van der Waals surface area contributed by atoms with Crippen LogP contribution < -0.4 is 26.8 Å². The van der Waals surface area contributed by atoms with Gasteiger partial charge in [-0.25, -0.2) is 14.6 Å². The van der Waals surface area contributed by atoms with Crippen molar-refractivity contribution in [3.63, 3.8) is 0 Å². The Balaban J connectivity index is 0.00000361. The average molecular weight is 645 g/mol. The largest absolute Gasteiger partial charge is 0.397 e. The number of allylic oxidation sites excluding steroid dienone is 3. The van der Waals surface area contributed by atoms with Gasteiger partial charge in [0.2, 0.25) is 6.43 Å². The minimum absolute atomic E-state index is 0.241. The van der Waals surface area contributed by atoms with E-state index >= 15 is 0 Å². The smallest absolute Gasteiger partial charge is 0.255 e. The fourth-order valence-electron chi connectivity index (χ4n) is 4.43. The van der Waals surface area contributed by atoms with E-state index in [1.807, 2.05) is 43.9 Å². The maximum Gasteiger partial charge on any atom is 0.255 e. The first-order chi connectivity index (χ1) is 22.0. The van der Waals surface area contributed by atoms with Crippen molar-refractivity contribution in [1.82, 2.24) is 20.1 Å². The van der Waals surface area contributed by atoms with Gasteiger partial charge in [0.05, 0.1) is 43.7 Å². The SMILES string of the molecule is C=C/C(=C\C(=C/CC(F)F)NC(=O)c1ccc(C)c(N(N)/C=C(\N)c2cncc(N3CCOCC3)c2)c1)N(C)CCN(C)C.CF. The number of alkyl halides is 3. The number of nitrogens with one attached hydrogen (secondary N) is 1. The van der Waals surface area contributed by atoms with Gasteiger partial charge in [0.25, 0.3) is 5.91 Å².